The fourth-order valence-corrected chi connectivity index (χ4v) is 3.56. The molecule has 21 heavy (non-hydrogen) atoms. The van der Waals surface area contributed by atoms with Crippen LogP contribution >= 0.6 is 23.2 Å². The molecule has 1 N–H and O–H groups in total. The van der Waals surface area contributed by atoms with E-state index in [1.165, 1.54) is 11.1 Å². The van der Waals surface area contributed by atoms with Crippen LogP contribution in [0, 0.1) is 11.2 Å². The molecule has 3 rings (SSSR count). The lowest BCUT2D eigenvalue weighted by Crippen LogP contribution is -2.24. The zero-order valence-corrected chi connectivity index (χ0v) is 13.4. The van der Waals surface area contributed by atoms with Crippen molar-refractivity contribution in [1.29, 1.82) is 0 Å². The number of benzene rings is 2. The zero-order valence-electron chi connectivity index (χ0n) is 11.9. The molecule has 0 radical (unpaired) electrons. The molecule has 0 aromatic heterocycles. The van der Waals surface area contributed by atoms with Crippen LogP contribution < -0.4 is 5.32 Å². The van der Waals surface area contributed by atoms with Crippen molar-refractivity contribution in [1.82, 2.24) is 0 Å². The van der Waals surface area contributed by atoms with Crippen LogP contribution in [0.3, 0.4) is 0 Å². The second-order valence-corrected chi connectivity index (χ2v) is 7.01. The van der Waals surface area contributed by atoms with E-state index in [2.05, 4.69) is 37.4 Å². The molecular weight excluding hydrogens is 308 g/mol. The molecule has 0 fully saturated rings. The quantitative estimate of drug-likeness (QED) is 0.681. The third-order valence-electron chi connectivity index (χ3n) is 4.09. The highest BCUT2D eigenvalue weighted by molar-refractivity contribution is 6.35. The van der Waals surface area contributed by atoms with Crippen LogP contribution in [-0.2, 0) is 6.42 Å². The number of rotatable bonds is 2. The lowest BCUT2D eigenvalue weighted by Gasteiger charge is -2.29. The number of hydrogen-bond donors (Lipinski definition) is 1. The van der Waals surface area contributed by atoms with Gasteiger partial charge in [0.05, 0.1) is 16.1 Å². The van der Waals surface area contributed by atoms with Crippen LogP contribution in [0.4, 0.5) is 10.1 Å². The highest BCUT2D eigenvalue weighted by Gasteiger charge is 2.38. The average Bonchev–Trinajstić information content (AvgIpc) is 2.67. The SMILES string of the molecule is CC1(C)Cc2ccccc2C1Nc1cc(Cl)c(F)c(Cl)c1. The summed E-state index contributed by atoms with van der Waals surface area (Å²) in [4.78, 5) is 0. The standard InChI is InChI=1S/C17H16Cl2FN/c1-17(2)9-10-5-3-4-6-12(10)16(17)21-11-7-13(18)15(20)14(19)8-11/h3-8,16,21H,9H2,1-2H3. The van der Waals surface area contributed by atoms with Gasteiger partial charge in [-0.2, -0.15) is 0 Å². The molecule has 0 saturated heterocycles. The molecular formula is C17H16Cl2FN. The Morgan fingerprint density at radius 3 is 2.43 bits per heavy atom. The average molecular weight is 324 g/mol. The first-order valence-corrected chi connectivity index (χ1v) is 7.63. The van der Waals surface area contributed by atoms with E-state index in [1.54, 1.807) is 12.1 Å². The Labute approximate surface area is 134 Å². The second kappa shape index (κ2) is 5.19. The van der Waals surface area contributed by atoms with Gasteiger partial charge < -0.3 is 5.32 Å². The van der Waals surface area contributed by atoms with Crippen molar-refractivity contribution < 1.29 is 4.39 Å². The lowest BCUT2D eigenvalue weighted by molar-refractivity contribution is 0.337. The van der Waals surface area contributed by atoms with Crippen molar-refractivity contribution in [2.24, 2.45) is 5.41 Å². The van der Waals surface area contributed by atoms with Crippen LogP contribution in [0.1, 0.15) is 31.0 Å². The lowest BCUT2D eigenvalue weighted by atomic mass is 9.85. The van der Waals surface area contributed by atoms with E-state index in [0.29, 0.717) is 0 Å². The van der Waals surface area contributed by atoms with E-state index >= 15 is 0 Å². The summed E-state index contributed by atoms with van der Waals surface area (Å²) in [6, 6.07) is 11.7. The van der Waals surface area contributed by atoms with E-state index in [0.717, 1.165) is 12.1 Å². The van der Waals surface area contributed by atoms with Gasteiger partial charge in [0.15, 0.2) is 5.82 Å². The summed E-state index contributed by atoms with van der Waals surface area (Å²) in [6.07, 6.45) is 1.00. The Kier molecular flexibility index (Phi) is 3.62. The molecule has 110 valence electrons. The van der Waals surface area contributed by atoms with Gasteiger partial charge in [0.2, 0.25) is 0 Å². The van der Waals surface area contributed by atoms with Gasteiger partial charge in [-0.3, -0.25) is 0 Å². The molecule has 1 unspecified atom stereocenters. The molecule has 1 aliphatic rings. The predicted octanol–water partition coefficient (Wildman–Crippen LogP) is 5.87. The van der Waals surface area contributed by atoms with Gasteiger partial charge in [0.25, 0.3) is 0 Å². The van der Waals surface area contributed by atoms with Crippen molar-refractivity contribution in [3.8, 4) is 0 Å². The first-order valence-electron chi connectivity index (χ1n) is 6.87. The predicted molar refractivity (Wildman–Crippen MR) is 86.7 cm³/mol. The Morgan fingerprint density at radius 2 is 1.76 bits per heavy atom. The maximum absolute atomic E-state index is 13.5. The molecule has 1 aliphatic carbocycles. The maximum Gasteiger partial charge on any atom is 0.160 e. The molecule has 0 saturated carbocycles. The van der Waals surface area contributed by atoms with Gasteiger partial charge in [-0.15, -0.1) is 0 Å². The molecule has 1 atom stereocenters. The maximum atomic E-state index is 13.5. The Bertz CT molecular complexity index is 674. The highest BCUT2D eigenvalue weighted by atomic mass is 35.5. The number of fused-ring (bicyclic) bond motifs is 1. The Morgan fingerprint density at radius 1 is 1.14 bits per heavy atom. The van der Waals surface area contributed by atoms with Crippen molar-refractivity contribution in [2.45, 2.75) is 26.3 Å². The van der Waals surface area contributed by atoms with E-state index in [9.17, 15) is 4.39 Å². The molecule has 4 heteroatoms. The van der Waals surface area contributed by atoms with E-state index < -0.39 is 5.82 Å². The fraction of sp³-hybridized carbons (Fsp3) is 0.294. The van der Waals surface area contributed by atoms with Gasteiger partial charge in [-0.05, 0) is 35.1 Å². The van der Waals surface area contributed by atoms with Crippen LogP contribution in [0.2, 0.25) is 10.0 Å². The van der Waals surface area contributed by atoms with Crippen molar-refractivity contribution in [3.63, 3.8) is 0 Å². The molecule has 0 heterocycles. The molecule has 1 nitrogen and oxygen atoms in total. The number of halogens is 3. The van der Waals surface area contributed by atoms with Crippen molar-refractivity contribution >= 4 is 28.9 Å². The smallest absolute Gasteiger partial charge is 0.160 e. The minimum atomic E-state index is -0.574. The van der Waals surface area contributed by atoms with Crippen LogP contribution in [0.25, 0.3) is 0 Å². The fourth-order valence-electron chi connectivity index (χ4n) is 3.07. The zero-order chi connectivity index (χ0) is 15.2. The third kappa shape index (κ3) is 2.63. The summed E-state index contributed by atoms with van der Waals surface area (Å²) in [6.45, 7) is 4.44. The van der Waals surface area contributed by atoms with Gasteiger partial charge in [0.1, 0.15) is 0 Å². The van der Waals surface area contributed by atoms with Gasteiger partial charge in [-0.25, -0.2) is 4.39 Å². The summed E-state index contributed by atoms with van der Waals surface area (Å²) in [5.41, 5.74) is 3.43. The Balaban J connectivity index is 1.97. The normalized spacial score (nSPS) is 19.4. The molecule has 0 spiro atoms. The van der Waals surface area contributed by atoms with E-state index in [4.69, 9.17) is 23.2 Å². The summed E-state index contributed by atoms with van der Waals surface area (Å²) >= 11 is 11.8. The summed E-state index contributed by atoms with van der Waals surface area (Å²) < 4.78 is 13.5. The minimum Gasteiger partial charge on any atom is -0.378 e. The second-order valence-electron chi connectivity index (χ2n) is 6.20. The Hall–Kier alpha value is -1.25. The van der Waals surface area contributed by atoms with Gasteiger partial charge >= 0.3 is 0 Å². The summed E-state index contributed by atoms with van der Waals surface area (Å²) in [5, 5.41) is 3.53. The molecule has 0 bridgehead atoms. The van der Waals surface area contributed by atoms with Crippen LogP contribution in [-0.4, -0.2) is 0 Å². The van der Waals surface area contributed by atoms with Crippen LogP contribution in [0.15, 0.2) is 36.4 Å². The monoisotopic (exact) mass is 323 g/mol. The summed E-state index contributed by atoms with van der Waals surface area (Å²) in [7, 11) is 0. The summed E-state index contributed by atoms with van der Waals surface area (Å²) in [5.74, 6) is -0.574. The third-order valence-corrected chi connectivity index (χ3v) is 4.64. The topological polar surface area (TPSA) is 12.0 Å². The number of nitrogens with one attached hydrogen (secondary N) is 1. The van der Waals surface area contributed by atoms with E-state index in [-0.39, 0.29) is 21.5 Å². The molecule has 0 aliphatic heterocycles. The first kappa shape index (κ1) is 14.7. The largest absolute Gasteiger partial charge is 0.378 e. The van der Waals surface area contributed by atoms with Crippen molar-refractivity contribution in [3.05, 3.63) is 63.4 Å². The first-order chi connectivity index (χ1) is 9.88. The van der Waals surface area contributed by atoms with Crippen molar-refractivity contribution in [2.75, 3.05) is 5.32 Å². The molecule has 0 amide bonds. The number of anilines is 1. The minimum absolute atomic E-state index is 0.0362. The van der Waals surface area contributed by atoms with Gasteiger partial charge in [0, 0.05) is 5.69 Å². The van der Waals surface area contributed by atoms with Crippen LogP contribution in [0.5, 0.6) is 0 Å². The molecule has 2 aromatic carbocycles. The number of hydrogen-bond acceptors (Lipinski definition) is 1. The van der Waals surface area contributed by atoms with E-state index in [1.807, 2.05) is 6.07 Å². The molecule has 2 aromatic rings. The highest BCUT2D eigenvalue weighted by Crippen LogP contribution is 2.47. The van der Waals surface area contributed by atoms with Gasteiger partial charge in [-0.1, -0.05) is 61.3 Å².